The Hall–Kier alpha value is -2.38. The summed E-state index contributed by atoms with van der Waals surface area (Å²) < 4.78 is 1.87. The van der Waals surface area contributed by atoms with Crippen molar-refractivity contribution in [2.24, 2.45) is 14.1 Å². The summed E-state index contributed by atoms with van der Waals surface area (Å²) in [7, 11) is 3.69. The van der Waals surface area contributed by atoms with Gasteiger partial charge in [-0.2, -0.15) is 20.1 Å². The highest BCUT2D eigenvalue weighted by molar-refractivity contribution is 5.74. The van der Waals surface area contributed by atoms with Crippen molar-refractivity contribution in [1.82, 2.24) is 35.0 Å². The monoisotopic (exact) mass is 303 g/mol. The van der Waals surface area contributed by atoms with Crippen LogP contribution >= 0.6 is 0 Å². The fourth-order valence-electron chi connectivity index (χ4n) is 2.89. The highest BCUT2D eigenvalue weighted by Crippen LogP contribution is 2.21. The van der Waals surface area contributed by atoms with E-state index in [0.29, 0.717) is 6.54 Å². The summed E-state index contributed by atoms with van der Waals surface area (Å²) in [5, 5.41) is 15.3. The summed E-state index contributed by atoms with van der Waals surface area (Å²) in [5.41, 5.74) is 1.91. The Balaban J connectivity index is 1.57. The summed E-state index contributed by atoms with van der Waals surface area (Å²) in [6.45, 7) is 1.20. The quantitative estimate of drug-likeness (QED) is 0.890. The molecule has 0 radical (unpaired) electrons. The predicted molar refractivity (Wildman–Crippen MR) is 79.9 cm³/mol. The van der Waals surface area contributed by atoms with Crippen LogP contribution < -0.4 is 5.32 Å². The minimum atomic E-state index is -0.0321. The number of hydrogen-bond donors (Lipinski definition) is 1. The first-order valence-corrected chi connectivity index (χ1v) is 7.50. The zero-order valence-electron chi connectivity index (χ0n) is 12.9. The molecule has 1 aliphatic heterocycles. The SMILES string of the molecule is Cn1ncc(CNC(=O)N2CCC[C@H]2Cc2ccnn2C)n1. The average Bonchev–Trinajstić information content (AvgIpc) is 3.20. The molecular weight excluding hydrogens is 282 g/mol. The minimum absolute atomic E-state index is 0.0321. The van der Waals surface area contributed by atoms with Gasteiger partial charge in [-0.3, -0.25) is 4.68 Å². The molecular formula is C14H21N7O. The van der Waals surface area contributed by atoms with E-state index in [-0.39, 0.29) is 12.1 Å². The summed E-state index contributed by atoms with van der Waals surface area (Å²) in [4.78, 5) is 15.8. The van der Waals surface area contributed by atoms with Crippen LogP contribution in [0.5, 0.6) is 0 Å². The first-order valence-electron chi connectivity index (χ1n) is 7.50. The van der Waals surface area contributed by atoms with Gasteiger partial charge in [-0.05, 0) is 18.9 Å². The van der Waals surface area contributed by atoms with E-state index >= 15 is 0 Å². The largest absolute Gasteiger partial charge is 0.332 e. The van der Waals surface area contributed by atoms with E-state index in [1.165, 1.54) is 4.80 Å². The fourth-order valence-corrected chi connectivity index (χ4v) is 2.89. The highest BCUT2D eigenvalue weighted by atomic mass is 16.2. The van der Waals surface area contributed by atoms with Crippen LogP contribution in [0.25, 0.3) is 0 Å². The summed E-state index contributed by atoms with van der Waals surface area (Å²) in [5.74, 6) is 0. The van der Waals surface area contributed by atoms with Gasteiger partial charge in [0.25, 0.3) is 0 Å². The Bertz CT molecular complexity index is 647. The number of urea groups is 1. The molecule has 118 valence electrons. The molecule has 1 N–H and O–H groups in total. The lowest BCUT2D eigenvalue weighted by Gasteiger charge is -2.24. The molecule has 0 spiro atoms. The first kappa shape index (κ1) is 14.6. The maximum absolute atomic E-state index is 12.4. The second-order valence-corrected chi connectivity index (χ2v) is 5.62. The van der Waals surface area contributed by atoms with Gasteiger partial charge in [0, 0.05) is 45.0 Å². The number of aromatic nitrogens is 5. The van der Waals surface area contributed by atoms with Gasteiger partial charge in [-0.25, -0.2) is 4.79 Å². The maximum Gasteiger partial charge on any atom is 0.317 e. The minimum Gasteiger partial charge on any atom is -0.332 e. The standard InChI is InChI=1S/C14H21N7O/c1-19-12(5-6-16-19)8-13-4-3-7-21(13)14(22)15-9-11-10-17-20(2)18-11/h5-6,10,13H,3-4,7-9H2,1-2H3,(H,15,22)/t13-/m0/s1. The molecule has 1 saturated heterocycles. The highest BCUT2D eigenvalue weighted by Gasteiger charge is 2.29. The van der Waals surface area contributed by atoms with E-state index in [9.17, 15) is 4.79 Å². The lowest BCUT2D eigenvalue weighted by atomic mass is 10.1. The second-order valence-electron chi connectivity index (χ2n) is 5.62. The number of carbonyl (C=O) groups excluding carboxylic acids is 1. The van der Waals surface area contributed by atoms with Crippen molar-refractivity contribution in [1.29, 1.82) is 0 Å². The molecule has 1 fully saturated rings. The Morgan fingerprint density at radius 2 is 2.27 bits per heavy atom. The Labute approximate surface area is 129 Å². The van der Waals surface area contributed by atoms with E-state index in [2.05, 4.69) is 20.6 Å². The summed E-state index contributed by atoms with van der Waals surface area (Å²) in [6.07, 6.45) is 6.38. The van der Waals surface area contributed by atoms with Gasteiger partial charge in [0.2, 0.25) is 0 Å². The third kappa shape index (κ3) is 3.10. The van der Waals surface area contributed by atoms with Crippen LogP contribution in [0.4, 0.5) is 4.79 Å². The maximum atomic E-state index is 12.4. The van der Waals surface area contributed by atoms with Crippen molar-refractivity contribution in [3.8, 4) is 0 Å². The molecule has 0 aromatic carbocycles. The van der Waals surface area contributed by atoms with Gasteiger partial charge in [0.1, 0.15) is 5.69 Å². The van der Waals surface area contributed by atoms with Crippen LogP contribution in [-0.2, 0) is 27.1 Å². The van der Waals surface area contributed by atoms with Crippen molar-refractivity contribution < 1.29 is 4.79 Å². The van der Waals surface area contributed by atoms with Crippen molar-refractivity contribution >= 4 is 6.03 Å². The third-order valence-corrected chi connectivity index (χ3v) is 4.07. The Morgan fingerprint density at radius 3 is 2.95 bits per heavy atom. The number of aryl methyl sites for hydroxylation is 2. The molecule has 22 heavy (non-hydrogen) atoms. The molecule has 0 bridgehead atoms. The Morgan fingerprint density at radius 1 is 1.41 bits per heavy atom. The van der Waals surface area contributed by atoms with Gasteiger partial charge in [-0.1, -0.05) is 0 Å². The van der Waals surface area contributed by atoms with Crippen LogP contribution in [0.3, 0.4) is 0 Å². The van der Waals surface area contributed by atoms with Crippen LogP contribution in [0.1, 0.15) is 24.2 Å². The van der Waals surface area contributed by atoms with Crippen LogP contribution in [0.2, 0.25) is 0 Å². The van der Waals surface area contributed by atoms with E-state index in [4.69, 9.17) is 0 Å². The number of rotatable bonds is 4. The number of hydrogen-bond acceptors (Lipinski definition) is 4. The smallest absolute Gasteiger partial charge is 0.317 e. The van der Waals surface area contributed by atoms with Gasteiger partial charge in [-0.15, -0.1) is 0 Å². The van der Waals surface area contributed by atoms with Gasteiger partial charge in [0.05, 0.1) is 12.7 Å². The zero-order chi connectivity index (χ0) is 15.5. The van der Waals surface area contributed by atoms with Crippen molar-refractivity contribution in [3.63, 3.8) is 0 Å². The second kappa shape index (κ2) is 6.17. The van der Waals surface area contributed by atoms with E-state index in [1.54, 1.807) is 19.4 Å². The molecule has 2 amide bonds. The van der Waals surface area contributed by atoms with Crippen LogP contribution in [-0.4, -0.2) is 48.3 Å². The molecule has 3 heterocycles. The molecule has 3 rings (SSSR count). The fraction of sp³-hybridized carbons (Fsp3) is 0.571. The van der Waals surface area contributed by atoms with Crippen molar-refractivity contribution in [2.75, 3.05) is 6.54 Å². The number of carbonyl (C=O) groups is 1. The number of nitrogens with zero attached hydrogens (tertiary/aromatic N) is 6. The van der Waals surface area contributed by atoms with E-state index < -0.39 is 0 Å². The average molecular weight is 303 g/mol. The van der Waals surface area contributed by atoms with Crippen molar-refractivity contribution in [2.45, 2.75) is 31.8 Å². The third-order valence-electron chi connectivity index (χ3n) is 4.07. The van der Waals surface area contributed by atoms with Gasteiger partial charge >= 0.3 is 6.03 Å². The lowest BCUT2D eigenvalue weighted by molar-refractivity contribution is 0.191. The molecule has 8 heteroatoms. The van der Waals surface area contributed by atoms with Gasteiger partial charge in [0.15, 0.2) is 0 Å². The molecule has 2 aromatic heterocycles. The zero-order valence-corrected chi connectivity index (χ0v) is 12.9. The molecule has 0 saturated carbocycles. The van der Waals surface area contributed by atoms with Gasteiger partial charge < -0.3 is 10.2 Å². The Kier molecular flexibility index (Phi) is 4.08. The molecule has 1 atom stereocenters. The van der Waals surface area contributed by atoms with Crippen LogP contribution in [0, 0.1) is 0 Å². The molecule has 2 aromatic rings. The van der Waals surface area contributed by atoms with E-state index in [1.807, 2.05) is 22.7 Å². The summed E-state index contributed by atoms with van der Waals surface area (Å²) >= 11 is 0. The van der Waals surface area contributed by atoms with E-state index in [0.717, 1.165) is 37.2 Å². The topological polar surface area (TPSA) is 80.9 Å². The predicted octanol–water partition coefficient (Wildman–Crippen LogP) is 0.465. The molecule has 8 nitrogen and oxygen atoms in total. The summed E-state index contributed by atoms with van der Waals surface area (Å²) in [6, 6.07) is 2.21. The van der Waals surface area contributed by atoms with Crippen LogP contribution in [0.15, 0.2) is 18.5 Å². The lowest BCUT2D eigenvalue weighted by Crippen LogP contribution is -2.43. The first-order chi connectivity index (χ1) is 10.6. The number of amides is 2. The molecule has 0 aliphatic carbocycles. The van der Waals surface area contributed by atoms with Crippen molar-refractivity contribution in [3.05, 3.63) is 29.8 Å². The molecule has 0 unspecified atom stereocenters. The normalized spacial score (nSPS) is 17.9. The number of likely N-dealkylation sites (tertiary alicyclic amines) is 1. The molecule has 1 aliphatic rings. The number of nitrogens with one attached hydrogen (secondary N) is 1.